The molecule has 0 unspecified atom stereocenters. The van der Waals surface area contributed by atoms with E-state index in [1.165, 1.54) is 37.8 Å². The van der Waals surface area contributed by atoms with Crippen molar-refractivity contribution in [3.05, 3.63) is 40.5 Å². The van der Waals surface area contributed by atoms with Crippen LogP contribution in [0.5, 0.6) is 0 Å². The third-order valence-corrected chi connectivity index (χ3v) is 3.51. The van der Waals surface area contributed by atoms with Gasteiger partial charge in [0.2, 0.25) is 0 Å². The largest absolute Gasteiger partial charge is 0.299 e. The molecule has 0 aliphatic carbocycles. The zero-order chi connectivity index (χ0) is 14.6. The van der Waals surface area contributed by atoms with Crippen molar-refractivity contribution >= 4 is 0 Å². The summed E-state index contributed by atoms with van der Waals surface area (Å²) in [5.74, 6) is 0. The number of nitrogens with zero attached hydrogens (tertiary/aromatic N) is 5. The van der Waals surface area contributed by atoms with Crippen LogP contribution in [0.2, 0.25) is 0 Å². The molecule has 1 fully saturated rings. The molecule has 20 heavy (non-hydrogen) atoms. The molecule has 1 aromatic rings. The summed E-state index contributed by atoms with van der Waals surface area (Å²) < 4.78 is 0. The second kappa shape index (κ2) is 10.2. The van der Waals surface area contributed by atoms with E-state index in [9.17, 15) is 0 Å². The lowest BCUT2D eigenvalue weighted by molar-refractivity contribution is 0.317. The molecule has 2 rings (SSSR count). The second-order valence-electron chi connectivity index (χ2n) is 5.09. The number of rotatable bonds is 5. The monoisotopic (exact) mass is 275 g/mol. The summed E-state index contributed by atoms with van der Waals surface area (Å²) in [5.41, 5.74) is 9.18. The lowest BCUT2D eigenvalue weighted by atomic mass is 10.1. The quantitative estimate of drug-likeness (QED) is 0.347. The Hall–Kier alpha value is -1.58. The van der Waals surface area contributed by atoms with Crippen molar-refractivity contribution in [3.63, 3.8) is 0 Å². The van der Waals surface area contributed by atoms with Crippen molar-refractivity contribution < 1.29 is 0 Å². The molecular formula is C15H25N5. The minimum atomic E-state index is 0.610. The fraction of sp³-hybridized carbons (Fsp3) is 0.667. The fourth-order valence-corrected chi connectivity index (χ4v) is 2.38. The molecule has 5 heteroatoms. The van der Waals surface area contributed by atoms with Crippen LogP contribution in [0.1, 0.15) is 50.6 Å². The highest BCUT2D eigenvalue weighted by molar-refractivity contribution is 5.14. The molecule has 0 bridgehead atoms. The SMILES string of the molecule is CCCCCN=[N+]=[N-].CN1CCC[C@H]1c1cccnc1. The summed E-state index contributed by atoms with van der Waals surface area (Å²) in [6, 6.07) is 4.79. The second-order valence-corrected chi connectivity index (χ2v) is 5.09. The van der Waals surface area contributed by atoms with Crippen LogP contribution in [-0.2, 0) is 0 Å². The standard InChI is InChI=1S/C10H14N2.C5H11N3/c1-12-7-3-5-10(12)9-4-2-6-11-8-9;1-2-3-4-5-7-8-6/h2,4,6,8,10H,3,5,7H2,1H3;2-5H2,1H3/t10-;/m0./s1. The van der Waals surface area contributed by atoms with E-state index in [1.807, 2.05) is 18.5 Å². The summed E-state index contributed by atoms with van der Waals surface area (Å²) in [7, 11) is 2.19. The van der Waals surface area contributed by atoms with Crippen molar-refractivity contribution in [1.29, 1.82) is 0 Å². The first-order valence-corrected chi connectivity index (χ1v) is 7.40. The Kier molecular flexibility index (Phi) is 8.43. The van der Waals surface area contributed by atoms with E-state index in [-0.39, 0.29) is 0 Å². The predicted octanol–water partition coefficient (Wildman–Crippen LogP) is 4.34. The highest BCUT2D eigenvalue weighted by Crippen LogP contribution is 2.29. The molecule has 2 heterocycles. The molecule has 0 spiro atoms. The van der Waals surface area contributed by atoms with Gasteiger partial charge in [-0.3, -0.25) is 9.88 Å². The Bertz CT molecular complexity index is 400. The van der Waals surface area contributed by atoms with Crippen molar-refractivity contribution in [1.82, 2.24) is 9.88 Å². The number of pyridine rings is 1. The number of unbranched alkanes of at least 4 members (excludes halogenated alkanes) is 2. The van der Waals surface area contributed by atoms with E-state index >= 15 is 0 Å². The van der Waals surface area contributed by atoms with Gasteiger partial charge in [0.05, 0.1) is 0 Å². The van der Waals surface area contributed by atoms with Crippen LogP contribution in [0, 0.1) is 0 Å². The Labute approximate surface area is 121 Å². The van der Waals surface area contributed by atoms with Crippen molar-refractivity contribution in [2.24, 2.45) is 5.11 Å². The molecule has 1 aliphatic rings. The van der Waals surface area contributed by atoms with Gasteiger partial charge in [0.15, 0.2) is 0 Å². The molecule has 0 saturated carbocycles. The summed E-state index contributed by atoms with van der Waals surface area (Å²) in [5, 5.41) is 3.39. The fourth-order valence-electron chi connectivity index (χ4n) is 2.38. The Morgan fingerprint density at radius 1 is 1.50 bits per heavy atom. The van der Waals surface area contributed by atoms with Gasteiger partial charge >= 0.3 is 0 Å². The average molecular weight is 275 g/mol. The van der Waals surface area contributed by atoms with Gasteiger partial charge in [0.25, 0.3) is 0 Å². The maximum atomic E-state index is 7.82. The van der Waals surface area contributed by atoms with Gasteiger partial charge in [-0.1, -0.05) is 30.9 Å². The summed E-state index contributed by atoms with van der Waals surface area (Å²) >= 11 is 0. The highest BCUT2D eigenvalue weighted by Gasteiger charge is 2.21. The lowest BCUT2D eigenvalue weighted by Gasteiger charge is -2.18. The zero-order valence-electron chi connectivity index (χ0n) is 12.6. The zero-order valence-corrected chi connectivity index (χ0v) is 12.6. The van der Waals surface area contributed by atoms with Gasteiger partial charge in [-0.25, -0.2) is 0 Å². The maximum absolute atomic E-state index is 7.82. The van der Waals surface area contributed by atoms with E-state index in [0.717, 1.165) is 6.42 Å². The Morgan fingerprint density at radius 2 is 2.35 bits per heavy atom. The summed E-state index contributed by atoms with van der Waals surface area (Å²) in [4.78, 5) is 9.17. The molecule has 0 N–H and O–H groups in total. The first kappa shape index (κ1) is 16.5. The van der Waals surface area contributed by atoms with E-state index in [1.54, 1.807) is 0 Å². The maximum Gasteiger partial charge on any atom is 0.0360 e. The number of hydrogen-bond acceptors (Lipinski definition) is 3. The van der Waals surface area contributed by atoms with Crippen LogP contribution in [0.15, 0.2) is 29.6 Å². The number of azide groups is 1. The van der Waals surface area contributed by atoms with Crippen LogP contribution in [-0.4, -0.2) is 30.0 Å². The molecule has 1 aromatic heterocycles. The summed E-state index contributed by atoms with van der Waals surface area (Å²) in [6.07, 6.45) is 9.78. The molecule has 0 aromatic carbocycles. The van der Waals surface area contributed by atoms with Crippen LogP contribution < -0.4 is 0 Å². The average Bonchev–Trinajstić information content (AvgIpc) is 2.92. The third-order valence-electron chi connectivity index (χ3n) is 3.51. The molecule has 0 amide bonds. The van der Waals surface area contributed by atoms with E-state index in [2.05, 4.69) is 39.9 Å². The third kappa shape index (κ3) is 6.04. The first-order chi connectivity index (χ1) is 9.79. The molecule has 0 radical (unpaired) electrons. The minimum Gasteiger partial charge on any atom is -0.299 e. The molecule has 1 atom stereocenters. The van der Waals surface area contributed by atoms with Crippen molar-refractivity contribution in [3.8, 4) is 0 Å². The van der Waals surface area contributed by atoms with Crippen LogP contribution in [0.25, 0.3) is 10.4 Å². The van der Waals surface area contributed by atoms with Gasteiger partial charge in [-0.2, -0.15) is 0 Å². The molecule has 110 valence electrons. The van der Waals surface area contributed by atoms with E-state index in [0.29, 0.717) is 12.6 Å². The summed E-state index contributed by atoms with van der Waals surface area (Å²) in [6.45, 7) is 4.00. The van der Waals surface area contributed by atoms with Crippen LogP contribution in [0.3, 0.4) is 0 Å². The van der Waals surface area contributed by atoms with E-state index < -0.39 is 0 Å². The van der Waals surface area contributed by atoms with E-state index in [4.69, 9.17) is 5.53 Å². The number of hydrogen-bond donors (Lipinski definition) is 0. The predicted molar refractivity (Wildman–Crippen MR) is 82.4 cm³/mol. The highest BCUT2D eigenvalue weighted by atomic mass is 15.1. The molecule has 1 saturated heterocycles. The Morgan fingerprint density at radius 3 is 2.90 bits per heavy atom. The van der Waals surface area contributed by atoms with Crippen LogP contribution >= 0.6 is 0 Å². The Balaban J connectivity index is 0.000000221. The smallest absolute Gasteiger partial charge is 0.0360 e. The topological polar surface area (TPSA) is 64.9 Å². The molecule has 1 aliphatic heterocycles. The van der Waals surface area contributed by atoms with Crippen molar-refractivity contribution in [2.45, 2.75) is 45.1 Å². The minimum absolute atomic E-state index is 0.610. The first-order valence-electron chi connectivity index (χ1n) is 7.40. The molecule has 5 nitrogen and oxygen atoms in total. The van der Waals surface area contributed by atoms with Crippen molar-refractivity contribution in [2.75, 3.05) is 20.1 Å². The van der Waals surface area contributed by atoms with Gasteiger partial charge in [0.1, 0.15) is 0 Å². The molecular weight excluding hydrogens is 250 g/mol. The van der Waals surface area contributed by atoms with Gasteiger partial charge < -0.3 is 0 Å². The number of aromatic nitrogens is 1. The van der Waals surface area contributed by atoms with Gasteiger partial charge in [-0.15, -0.1) is 0 Å². The lowest BCUT2D eigenvalue weighted by Crippen LogP contribution is -2.17. The normalized spacial score (nSPS) is 18.0. The number of likely N-dealkylation sites (tertiary alicyclic amines) is 1. The van der Waals surface area contributed by atoms with Gasteiger partial charge in [-0.05, 0) is 50.0 Å². The van der Waals surface area contributed by atoms with Gasteiger partial charge in [0, 0.05) is 29.9 Å². The van der Waals surface area contributed by atoms with Crippen LogP contribution in [0.4, 0.5) is 0 Å².